The third-order valence-electron chi connectivity index (χ3n) is 6.50. The van der Waals surface area contributed by atoms with E-state index in [1.54, 1.807) is 12.1 Å². The third-order valence-corrected chi connectivity index (χ3v) is 7.94. The molecule has 170 valence electrons. The number of hydrogen-bond donors (Lipinski definition) is 2. The van der Waals surface area contributed by atoms with Gasteiger partial charge in [0, 0.05) is 37.8 Å². The van der Waals surface area contributed by atoms with Crippen molar-refractivity contribution in [1.29, 1.82) is 0 Å². The first kappa shape index (κ1) is 22.2. The molecule has 2 saturated heterocycles. The number of likely N-dealkylation sites (tertiary alicyclic amines) is 1. The molecule has 1 aromatic carbocycles. The fraction of sp³-hybridized carbons (Fsp3) is 0.636. The summed E-state index contributed by atoms with van der Waals surface area (Å²) < 4.78 is 32.9. The number of ether oxygens (including phenoxy) is 1. The molecule has 2 N–H and O–H groups in total. The lowest BCUT2D eigenvalue weighted by Crippen LogP contribution is -2.38. The van der Waals surface area contributed by atoms with Crippen LogP contribution in [-0.2, 0) is 24.3 Å². The summed E-state index contributed by atoms with van der Waals surface area (Å²) in [6.07, 6.45) is 7.52. The number of anilines is 1. The second kappa shape index (κ2) is 9.67. The predicted octanol–water partition coefficient (Wildman–Crippen LogP) is 2.26. The molecule has 31 heavy (non-hydrogen) atoms. The Morgan fingerprint density at radius 1 is 1.06 bits per heavy atom. The van der Waals surface area contributed by atoms with Crippen LogP contribution in [0.1, 0.15) is 51.4 Å². The summed E-state index contributed by atoms with van der Waals surface area (Å²) >= 11 is 0. The molecule has 3 fully saturated rings. The molecular formula is C22H31N3O5S. The van der Waals surface area contributed by atoms with Gasteiger partial charge in [0.2, 0.25) is 21.8 Å². The largest absolute Gasteiger partial charge is 0.377 e. The van der Waals surface area contributed by atoms with Crippen molar-refractivity contribution in [2.75, 3.05) is 25.0 Å². The number of carbonyl (C=O) groups is 2. The molecular weight excluding hydrogens is 418 g/mol. The van der Waals surface area contributed by atoms with Crippen LogP contribution in [-0.4, -0.2) is 57.0 Å². The van der Waals surface area contributed by atoms with E-state index < -0.39 is 10.0 Å². The zero-order chi connectivity index (χ0) is 21.8. The molecule has 2 amide bonds. The lowest BCUT2D eigenvalue weighted by Gasteiger charge is -2.31. The Kier molecular flexibility index (Phi) is 6.93. The zero-order valence-electron chi connectivity index (χ0n) is 17.7. The summed E-state index contributed by atoms with van der Waals surface area (Å²) in [5.41, 5.74) is 0.520. The monoisotopic (exact) mass is 449 g/mol. The molecule has 2 aliphatic heterocycles. The summed E-state index contributed by atoms with van der Waals surface area (Å²) in [7, 11) is -3.63. The molecule has 9 heteroatoms. The van der Waals surface area contributed by atoms with Gasteiger partial charge in [-0.05, 0) is 49.9 Å². The minimum Gasteiger partial charge on any atom is -0.377 e. The highest BCUT2D eigenvalue weighted by molar-refractivity contribution is 7.89. The molecule has 1 aliphatic carbocycles. The highest BCUT2D eigenvalue weighted by atomic mass is 32.2. The van der Waals surface area contributed by atoms with Gasteiger partial charge in [-0.2, -0.15) is 0 Å². The molecule has 0 bridgehead atoms. The molecule has 2 atom stereocenters. The second-order valence-corrected chi connectivity index (χ2v) is 10.5. The lowest BCUT2D eigenvalue weighted by molar-refractivity contribution is -0.130. The number of hydrogen-bond acceptors (Lipinski definition) is 5. The van der Waals surface area contributed by atoms with Gasteiger partial charge >= 0.3 is 0 Å². The van der Waals surface area contributed by atoms with Crippen LogP contribution in [0, 0.1) is 5.92 Å². The standard InChI is InChI=1S/C22H31N3O5S/c26-21-13-16(15-25(21)18-5-2-1-3-6-18)22(27)24-17-8-10-20(11-9-17)31(28,29)23-14-19-7-4-12-30-19/h8-11,16,18-19,23H,1-7,12-15H2,(H,24,27)/t16-,19+/m0/s1. The van der Waals surface area contributed by atoms with Crippen molar-refractivity contribution >= 4 is 27.5 Å². The number of rotatable bonds is 7. The molecule has 1 saturated carbocycles. The Labute approximate surface area is 183 Å². The van der Waals surface area contributed by atoms with E-state index in [4.69, 9.17) is 4.74 Å². The molecule has 0 radical (unpaired) electrons. The van der Waals surface area contributed by atoms with Gasteiger partial charge in [0.25, 0.3) is 0 Å². The summed E-state index contributed by atoms with van der Waals surface area (Å²) in [5, 5.41) is 2.83. The molecule has 4 rings (SSSR count). The first-order valence-corrected chi connectivity index (χ1v) is 12.7. The number of nitrogens with one attached hydrogen (secondary N) is 2. The van der Waals surface area contributed by atoms with E-state index in [0.29, 0.717) is 18.8 Å². The molecule has 3 aliphatic rings. The maximum atomic E-state index is 12.7. The topological polar surface area (TPSA) is 105 Å². The average Bonchev–Trinajstić information content (AvgIpc) is 3.43. The van der Waals surface area contributed by atoms with Crippen molar-refractivity contribution in [2.24, 2.45) is 5.92 Å². The van der Waals surface area contributed by atoms with Gasteiger partial charge in [0.05, 0.1) is 16.9 Å². The van der Waals surface area contributed by atoms with Gasteiger partial charge in [-0.25, -0.2) is 13.1 Å². The fourth-order valence-corrected chi connectivity index (χ4v) is 5.77. The van der Waals surface area contributed by atoms with Crippen LogP contribution in [0.4, 0.5) is 5.69 Å². The quantitative estimate of drug-likeness (QED) is 0.664. The molecule has 0 spiro atoms. The smallest absolute Gasteiger partial charge is 0.240 e. The highest BCUT2D eigenvalue weighted by Crippen LogP contribution is 2.29. The van der Waals surface area contributed by atoms with Crippen molar-refractivity contribution in [3.63, 3.8) is 0 Å². The third kappa shape index (κ3) is 5.45. The predicted molar refractivity (Wildman–Crippen MR) is 116 cm³/mol. The number of sulfonamides is 1. The summed E-state index contributed by atoms with van der Waals surface area (Å²) in [6.45, 7) is 1.40. The van der Waals surface area contributed by atoms with Gasteiger partial charge in [-0.15, -0.1) is 0 Å². The Morgan fingerprint density at radius 3 is 2.48 bits per heavy atom. The van der Waals surface area contributed by atoms with Gasteiger partial charge < -0.3 is 15.0 Å². The van der Waals surface area contributed by atoms with Crippen molar-refractivity contribution < 1.29 is 22.7 Å². The minimum absolute atomic E-state index is 0.0609. The van der Waals surface area contributed by atoms with Crippen LogP contribution in [0.3, 0.4) is 0 Å². The van der Waals surface area contributed by atoms with Crippen molar-refractivity contribution in [2.45, 2.75) is 68.4 Å². The van der Waals surface area contributed by atoms with Crippen LogP contribution in [0.2, 0.25) is 0 Å². The molecule has 2 heterocycles. The Hall–Kier alpha value is -1.97. The van der Waals surface area contributed by atoms with E-state index in [9.17, 15) is 18.0 Å². The Morgan fingerprint density at radius 2 is 1.81 bits per heavy atom. The summed E-state index contributed by atoms with van der Waals surface area (Å²) in [5.74, 6) is -0.504. The van der Waals surface area contributed by atoms with Crippen LogP contribution in [0.5, 0.6) is 0 Å². The Balaban J connectivity index is 1.31. The van der Waals surface area contributed by atoms with Crippen molar-refractivity contribution in [3.8, 4) is 0 Å². The minimum atomic E-state index is -3.63. The number of benzene rings is 1. The normalized spacial score (nSPS) is 25.2. The Bertz CT molecular complexity index is 890. The summed E-state index contributed by atoms with van der Waals surface area (Å²) in [6, 6.07) is 6.37. The van der Waals surface area contributed by atoms with Gasteiger partial charge in [-0.1, -0.05) is 19.3 Å². The molecule has 8 nitrogen and oxygen atoms in total. The van der Waals surface area contributed by atoms with Gasteiger partial charge in [0.1, 0.15) is 0 Å². The zero-order valence-corrected chi connectivity index (χ0v) is 18.5. The van der Waals surface area contributed by atoms with Gasteiger partial charge in [-0.3, -0.25) is 9.59 Å². The maximum Gasteiger partial charge on any atom is 0.240 e. The van der Waals surface area contributed by atoms with Crippen LogP contribution >= 0.6 is 0 Å². The van der Waals surface area contributed by atoms with E-state index in [-0.39, 0.29) is 47.7 Å². The van der Waals surface area contributed by atoms with E-state index in [1.807, 2.05) is 4.90 Å². The van der Waals surface area contributed by atoms with E-state index in [1.165, 1.54) is 18.6 Å². The number of nitrogens with zero attached hydrogens (tertiary/aromatic N) is 1. The first-order valence-electron chi connectivity index (χ1n) is 11.2. The molecule has 0 unspecified atom stereocenters. The van der Waals surface area contributed by atoms with E-state index >= 15 is 0 Å². The van der Waals surface area contributed by atoms with E-state index in [0.717, 1.165) is 38.5 Å². The van der Waals surface area contributed by atoms with Crippen molar-refractivity contribution in [1.82, 2.24) is 9.62 Å². The SMILES string of the molecule is O=C(Nc1ccc(S(=O)(=O)NC[C@H]2CCCO2)cc1)[C@H]1CC(=O)N(C2CCCCC2)C1. The fourth-order valence-electron chi connectivity index (χ4n) is 4.71. The van der Waals surface area contributed by atoms with Crippen LogP contribution < -0.4 is 10.0 Å². The highest BCUT2D eigenvalue weighted by Gasteiger charge is 2.38. The van der Waals surface area contributed by atoms with E-state index in [2.05, 4.69) is 10.0 Å². The van der Waals surface area contributed by atoms with Crippen LogP contribution in [0.25, 0.3) is 0 Å². The van der Waals surface area contributed by atoms with Crippen LogP contribution in [0.15, 0.2) is 29.2 Å². The van der Waals surface area contributed by atoms with Gasteiger partial charge in [0.15, 0.2) is 0 Å². The lowest BCUT2D eigenvalue weighted by atomic mass is 9.94. The molecule has 0 aromatic heterocycles. The number of amides is 2. The second-order valence-electron chi connectivity index (χ2n) is 8.74. The maximum absolute atomic E-state index is 12.7. The van der Waals surface area contributed by atoms with Crippen molar-refractivity contribution in [3.05, 3.63) is 24.3 Å². The number of carbonyl (C=O) groups excluding carboxylic acids is 2. The average molecular weight is 450 g/mol. The first-order chi connectivity index (χ1) is 14.9. The molecule has 1 aromatic rings. The summed E-state index contributed by atoms with van der Waals surface area (Å²) in [4.78, 5) is 27.1.